The molecule has 0 aromatic rings. The van der Waals surface area contributed by atoms with Crippen LogP contribution in [0.15, 0.2) is 0 Å². The van der Waals surface area contributed by atoms with E-state index in [4.69, 9.17) is 10.5 Å². The predicted molar refractivity (Wildman–Crippen MR) is 92.7 cm³/mol. The van der Waals surface area contributed by atoms with Crippen molar-refractivity contribution in [1.82, 2.24) is 0 Å². The maximum atomic E-state index is 6.76. The van der Waals surface area contributed by atoms with Crippen LogP contribution in [0.1, 0.15) is 85.5 Å². The van der Waals surface area contributed by atoms with Gasteiger partial charge in [0.2, 0.25) is 0 Å². The van der Waals surface area contributed by atoms with Crippen LogP contribution < -0.4 is 5.73 Å². The summed E-state index contributed by atoms with van der Waals surface area (Å²) in [7, 11) is 0. The van der Waals surface area contributed by atoms with E-state index in [9.17, 15) is 0 Å². The fourth-order valence-corrected chi connectivity index (χ4v) is 5.87. The molecule has 2 saturated carbocycles. The van der Waals surface area contributed by atoms with E-state index in [1.807, 2.05) is 0 Å². The SMILES string of the molecule is CC(C)CCC1CCCC(C23CCC(C(N)C2)C(C)(C)O3)C1. The Morgan fingerprint density at radius 3 is 2.59 bits per heavy atom. The number of hydrogen-bond donors (Lipinski definition) is 1. The van der Waals surface area contributed by atoms with Gasteiger partial charge in [-0.25, -0.2) is 0 Å². The Labute approximate surface area is 137 Å². The van der Waals surface area contributed by atoms with Crippen LogP contribution in [0.5, 0.6) is 0 Å². The Balaban J connectivity index is 1.69. The molecule has 4 rings (SSSR count). The highest BCUT2D eigenvalue weighted by atomic mass is 16.5. The molecule has 5 unspecified atom stereocenters. The molecule has 5 atom stereocenters. The van der Waals surface area contributed by atoms with Crippen molar-refractivity contribution in [3.63, 3.8) is 0 Å². The highest BCUT2D eigenvalue weighted by Gasteiger charge is 2.57. The third-order valence-electron chi connectivity index (χ3n) is 7.01. The van der Waals surface area contributed by atoms with Gasteiger partial charge in [0.15, 0.2) is 0 Å². The standard InChI is InChI=1S/C20H37NO/c1-14(2)8-9-15-6-5-7-16(12-15)20-11-10-17(18(21)13-20)19(3,4)22-20/h14-18H,5-13,21H2,1-4H3. The average molecular weight is 308 g/mol. The van der Waals surface area contributed by atoms with Gasteiger partial charge in [-0.3, -0.25) is 0 Å². The fraction of sp³-hybridized carbons (Fsp3) is 1.00. The van der Waals surface area contributed by atoms with Crippen LogP contribution in [0, 0.1) is 23.7 Å². The highest BCUT2D eigenvalue weighted by molar-refractivity contribution is 5.08. The lowest BCUT2D eigenvalue weighted by Gasteiger charge is -2.61. The van der Waals surface area contributed by atoms with E-state index >= 15 is 0 Å². The summed E-state index contributed by atoms with van der Waals surface area (Å²) in [5, 5.41) is 0. The van der Waals surface area contributed by atoms with E-state index in [0.29, 0.717) is 12.0 Å². The smallest absolute Gasteiger partial charge is 0.0733 e. The summed E-state index contributed by atoms with van der Waals surface area (Å²) in [5.41, 5.74) is 6.63. The van der Waals surface area contributed by atoms with Gasteiger partial charge in [-0.05, 0) is 63.7 Å². The highest BCUT2D eigenvalue weighted by Crippen LogP contribution is 2.55. The summed E-state index contributed by atoms with van der Waals surface area (Å²) in [4.78, 5) is 0. The van der Waals surface area contributed by atoms with Crippen molar-refractivity contribution in [2.75, 3.05) is 0 Å². The molecule has 2 nitrogen and oxygen atoms in total. The largest absolute Gasteiger partial charge is 0.368 e. The molecule has 2 aliphatic carbocycles. The minimum atomic E-state index is -0.0131. The third kappa shape index (κ3) is 3.11. The summed E-state index contributed by atoms with van der Waals surface area (Å²) >= 11 is 0. The van der Waals surface area contributed by atoms with Gasteiger partial charge in [0.25, 0.3) is 0 Å². The molecule has 0 aromatic heterocycles. The van der Waals surface area contributed by atoms with Crippen LogP contribution in [-0.4, -0.2) is 17.2 Å². The molecule has 0 amide bonds. The van der Waals surface area contributed by atoms with Crippen molar-refractivity contribution in [1.29, 1.82) is 0 Å². The molecule has 2 bridgehead atoms. The fourth-order valence-electron chi connectivity index (χ4n) is 5.87. The van der Waals surface area contributed by atoms with Crippen molar-refractivity contribution in [2.45, 2.75) is 103 Å². The first kappa shape index (κ1) is 16.8. The van der Waals surface area contributed by atoms with Gasteiger partial charge in [0.1, 0.15) is 0 Å². The Hall–Kier alpha value is -0.0800. The number of fused-ring (bicyclic) bond motifs is 3. The summed E-state index contributed by atoms with van der Waals surface area (Å²) < 4.78 is 6.76. The lowest BCUT2D eigenvalue weighted by Crippen LogP contribution is -2.66. The molecule has 4 fully saturated rings. The van der Waals surface area contributed by atoms with Gasteiger partial charge >= 0.3 is 0 Å². The van der Waals surface area contributed by atoms with E-state index < -0.39 is 0 Å². The van der Waals surface area contributed by atoms with Crippen molar-refractivity contribution in [3.8, 4) is 0 Å². The maximum Gasteiger partial charge on any atom is 0.0733 e. The first-order chi connectivity index (χ1) is 10.3. The van der Waals surface area contributed by atoms with E-state index in [2.05, 4.69) is 27.7 Å². The van der Waals surface area contributed by atoms with Gasteiger partial charge < -0.3 is 10.5 Å². The molecule has 0 radical (unpaired) electrons. The minimum absolute atomic E-state index is 0.0131. The summed E-state index contributed by atoms with van der Waals surface area (Å²) in [5.74, 6) is 3.09. The zero-order valence-electron chi connectivity index (χ0n) is 15.2. The number of ether oxygens (including phenoxy) is 1. The van der Waals surface area contributed by atoms with Crippen LogP contribution >= 0.6 is 0 Å². The maximum absolute atomic E-state index is 6.76. The van der Waals surface area contributed by atoms with Crippen LogP contribution in [0.4, 0.5) is 0 Å². The zero-order valence-corrected chi connectivity index (χ0v) is 15.2. The van der Waals surface area contributed by atoms with Crippen LogP contribution in [-0.2, 0) is 4.74 Å². The normalized spacial score (nSPS) is 44.5. The topological polar surface area (TPSA) is 35.2 Å². The third-order valence-corrected chi connectivity index (χ3v) is 7.01. The second kappa shape index (κ2) is 6.09. The van der Waals surface area contributed by atoms with Gasteiger partial charge in [-0.1, -0.05) is 39.5 Å². The Morgan fingerprint density at radius 2 is 1.95 bits per heavy atom. The van der Waals surface area contributed by atoms with Crippen molar-refractivity contribution >= 4 is 0 Å². The minimum Gasteiger partial charge on any atom is -0.368 e. The lowest BCUT2D eigenvalue weighted by molar-refractivity contribution is -0.268. The van der Waals surface area contributed by atoms with Crippen molar-refractivity contribution in [3.05, 3.63) is 0 Å². The van der Waals surface area contributed by atoms with Crippen molar-refractivity contribution in [2.24, 2.45) is 29.4 Å². The Bertz CT molecular complexity index is 391. The monoisotopic (exact) mass is 307 g/mol. The van der Waals surface area contributed by atoms with Crippen LogP contribution in [0.25, 0.3) is 0 Å². The molecule has 4 aliphatic rings. The molecular weight excluding hydrogens is 270 g/mol. The molecule has 2 heteroatoms. The molecule has 0 spiro atoms. The molecule has 2 aliphatic heterocycles. The molecule has 128 valence electrons. The molecule has 22 heavy (non-hydrogen) atoms. The van der Waals surface area contributed by atoms with Gasteiger partial charge in [0.05, 0.1) is 11.2 Å². The summed E-state index contributed by atoms with van der Waals surface area (Å²) in [6.07, 6.45) is 12.1. The summed E-state index contributed by atoms with van der Waals surface area (Å²) in [6.45, 7) is 9.27. The van der Waals surface area contributed by atoms with E-state index in [0.717, 1.165) is 24.2 Å². The number of rotatable bonds is 4. The average Bonchev–Trinajstić information content (AvgIpc) is 2.44. The van der Waals surface area contributed by atoms with Gasteiger partial charge in [-0.2, -0.15) is 0 Å². The second-order valence-electron chi connectivity index (χ2n) is 9.48. The molecule has 2 N–H and O–H groups in total. The first-order valence-electron chi connectivity index (χ1n) is 9.78. The second-order valence-corrected chi connectivity index (χ2v) is 9.48. The number of nitrogens with two attached hydrogens (primary N) is 1. The zero-order chi connectivity index (χ0) is 16.0. The number of hydrogen-bond acceptors (Lipinski definition) is 2. The van der Waals surface area contributed by atoms with Gasteiger partial charge in [0, 0.05) is 12.0 Å². The van der Waals surface area contributed by atoms with Crippen LogP contribution in [0.2, 0.25) is 0 Å². The van der Waals surface area contributed by atoms with Crippen molar-refractivity contribution < 1.29 is 4.74 Å². The molecular formula is C20H37NO. The van der Waals surface area contributed by atoms with E-state index in [-0.39, 0.29) is 11.2 Å². The van der Waals surface area contributed by atoms with Gasteiger partial charge in [-0.15, -0.1) is 0 Å². The lowest BCUT2D eigenvalue weighted by atomic mass is 9.59. The predicted octanol–water partition coefficient (Wildman–Crippen LogP) is 4.90. The Kier molecular flexibility index (Phi) is 4.64. The molecule has 2 saturated heterocycles. The Morgan fingerprint density at radius 1 is 1.18 bits per heavy atom. The van der Waals surface area contributed by atoms with Crippen LogP contribution in [0.3, 0.4) is 0 Å². The first-order valence-corrected chi connectivity index (χ1v) is 9.78. The van der Waals surface area contributed by atoms with E-state index in [1.165, 1.54) is 51.4 Å². The van der Waals surface area contributed by atoms with E-state index in [1.54, 1.807) is 0 Å². The quantitative estimate of drug-likeness (QED) is 0.801. The summed E-state index contributed by atoms with van der Waals surface area (Å²) in [6, 6.07) is 0.355. The molecule has 2 heterocycles. The molecule has 0 aromatic carbocycles.